The summed E-state index contributed by atoms with van der Waals surface area (Å²) in [6.45, 7) is 0. The number of benzene rings is 5. The average Bonchev–Trinajstić information content (AvgIpc) is 3.46. The fraction of sp³-hybridized carbons (Fsp3) is 0.0571. The van der Waals surface area contributed by atoms with E-state index in [0.717, 1.165) is 32.7 Å². The third kappa shape index (κ3) is 6.59. The van der Waals surface area contributed by atoms with Gasteiger partial charge in [0.15, 0.2) is 5.58 Å². The van der Waals surface area contributed by atoms with E-state index in [4.69, 9.17) is 4.42 Å². The van der Waals surface area contributed by atoms with Crippen molar-refractivity contribution in [3.63, 3.8) is 0 Å². The largest absolute Gasteiger partial charge is 0.436 e. The molecule has 0 saturated carbocycles. The Morgan fingerprint density at radius 1 is 0.690 bits per heavy atom. The zero-order chi connectivity index (χ0) is 28.7. The Kier molecular flexibility index (Phi) is 8.10. The standard InChI is InChI=1S/C35H27N3O3S/c39-32(23-24-9-3-1-4-10-24)36-27-19-21-29(22-20-27)42-33(25-11-5-2-6-12-25)34(40)37-28-17-15-26(16-18-28)35-38-30-13-7-8-14-31(30)41-35/h1-22,33H,23H2,(H,36,39)(H,37,40). The number of amides is 2. The second kappa shape index (κ2) is 12.6. The number of rotatable bonds is 9. The van der Waals surface area contributed by atoms with Crippen LogP contribution in [-0.2, 0) is 16.0 Å². The van der Waals surface area contributed by atoms with Crippen LogP contribution < -0.4 is 10.6 Å². The smallest absolute Gasteiger partial charge is 0.242 e. The van der Waals surface area contributed by atoms with Crippen LogP contribution in [0.25, 0.3) is 22.6 Å². The molecular formula is C35H27N3O3S. The zero-order valence-electron chi connectivity index (χ0n) is 22.6. The highest BCUT2D eigenvalue weighted by molar-refractivity contribution is 8.00. The monoisotopic (exact) mass is 569 g/mol. The van der Waals surface area contributed by atoms with Gasteiger partial charge in [0.2, 0.25) is 17.7 Å². The Balaban J connectivity index is 1.13. The molecule has 1 aromatic heterocycles. The van der Waals surface area contributed by atoms with Crippen LogP contribution in [0, 0.1) is 0 Å². The highest BCUT2D eigenvalue weighted by atomic mass is 32.2. The Hall–Kier alpha value is -5.14. The topological polar surface area (TPSA) is 84.2 Å². The summed E-state index contributed by atoms with van der Waals surface area (Å²) in [6, 6.07) is 42.0. The minimum atomic E-state index is -0.485. The van der Waals surface area contributed by atoms with E-state index in [9.17, 15) is 9.59 Å². The predicted octanol–water partition coefficient (Wildman–Crippen LogP) is 8.15. The quantitative estimate of drug-likeness (QED) is 0.172. The van der Waals surface area contributed by atoms with Gasteiger partial charge in [-0.15, -0.1) is 11.8 Å². The predicted molar refractivity (Wildman–Crippen MR) is 168 cm³/mol. The molecule has 7 heteroatoms. The number of carbonyl (C=O) groups excluding carboxylic acids is 2. The molecule has 0 aliphatic heterocycles. The Labute approximate surface area is 247 Å². The lowest BCUT2D eigenvalue weighted by molar-refractivity contribution is -0.116. The Morgan fingerprint density at radius 2 is 1.31 bits per heavy atom. The maximum Gasteiger partial charge on any atom is 0.242 e. The van der Waals surface area contributed by atoms with Crippen LogP contribution in [0.5, 0.6) is 0 Å². The van der Waals surface area contributed by atoms with Crippen LogP contribution in [0.15, 0.2) is 143 Å². The van der Waals surface area contributed by atoms with Gasteiger partial charge in [0.25, 0.3) is 0 Å². The molecule has 6 rings (SSSR count). The summed E-state index contributed by atoms with van der Waals surface area (Å²) in [5.74, 6) is 0.317. The molecule has 1 heterocycles. The summed E-state index contributed by atoms with van der Waals surface area (Å²) < 4.78 is 5.87. The van der Waals surface area contributed by atoms with Crippen molar-refractivity contribution in [3.8, 4) is 11.5 Å². The summed E-state index contributed by atoms with van der Waals surface area (Å²) in [5.41, 5.74) is 5.60. The van der Waals surface area contributed by atoms with Gasteiger partial charge in [-0.05, 0) is 71.8 Å². The number of fused-ring (bicyclic) bond motifs is 1. The second-order valence-electron chi connectivity index (χ2n) is 9.70. The first-order valence-corrected chi connectivity index (χ1v) is 14.4. The van der Waals surface area contributed by atoms with Gasteiger partial charge in [0, 0.05) is 21.8 Å². The van der Waals surface area contributed by atoms with Crippen molar-refractivity contribution >= 4 is 46.1 Å². The molecule has 0 spiro atoms. The number of carbonyl (C=O) groups is 2. The molecule has 2 amide bonds. The summed E-state index contributed by atoms with van der Waals surface area (Å²) in [7, 11) is 0. The van der Waals surface area contributed by atoms with Gasteiger partial charge in [0.05, 0.1) is 6.42 Å². The number of thioether (sulfide) groups is 1. The Morgan fingerprint density at radius 3 is 2.02 bits per heavy atom. The van der Waals surface area contributed by atoms with Crippen LogP contribution in [0.1, 0.15) is 16.4 Å². The molecular weight excluding hydrogens is 542 g/mol. The number of para-hydroxylation sites is 2. The first kappa shape index (κ1) is 27.1. The van der Waals surface area contributed by atoms with E-state index in [2.05, 4.69) is 15.6 Å². The molecule has 42 heavy (non-hydrogen) atoms. The second-order valence-corrected chi connectivity index (χ2v) is 10.9. The molecule has 1 atom stereocenters. The van der Waals surface area contributed by atoms with Crippen molar-refractivity contribution in [2.24, 2.45) is 0 Å². The molecule has 6 nitrogen and oxygen atoms in total. The number of nitrogens with one attached hydrogen (secondary N) is 2. The van der Waals surface area contributed by atoms with Gasteiger partial charge in [-0.3, -0.25) is 9.59 Å². The molecule has 0 radical (unpaired) electrons. The molecule has 1 unspecified atom stereocenters. The molecule has 206 valence electrons. The lowest BCUT2D eigenvalue weighted by Crippen LogP contribution is -2.19. The van der Waals surface area contributed by atoms with Gasteiger partial charge in [0.1, 0.15) is 10.8 Å². The number of hydrogen-bond acceptors (Lipinski definition) is 5. The highest BCUT2D eigenvalue weighted by Gasteiger charge is 2.22. The normalized spacial score (nSPS) is 11.6. The van der Waals surface area contributed by atoms with E-state index in [0.29, 0.717) is 23.7 Å². The van der Waals surface area contributed by atoms with Gasteiger partial charge in [-0.2, -0.15) is 0 Å². The summed E-state index contributed by atoms with van der Waals surface area (Å²) in [5, 5.41) is 5.52. The number of hydrogen-bond donors (Lipinski definition) is 2. The number of nitrogens with zero attached hydrogens (tertiary/aromatic N) is 1. The molecule has 0 aliphatic rings. The van der Waals surface area contributed by atoms with Gasteiger partial charge in [-0.1, -0.05) is 72.8 Å². The van der Waals surface area contributed by atoms with Gasteiger partial charge in [-0.25, -0.2) is 4.98 Å². The van der Waals surface area contributed by atoms with Crippen LogP contribution >= 0.6 is 11.8 Å². The SMILES string of the molecule is O=C(Cc1ccccc1)Nc1ccc(SC(C(=O)Nc2ccc(-c3nc4ccccc4o3)cc2)c2ccccc2)cc1. The average molecular weight is 570 g/mol. The van der Waals surface area contributed by atoms with Crippen LogP contribution in [0.2, 0.25) is 0 Å². The number of aromatic nitrogens is 1. The van der Waals surface area contributed by atoms with Crippen molar-refractivity contribution < 1.29 is 14.0 Å². The van der Waals surface area contributed by atoms with E-state index in [1.54, 1.807) is 0 Å². The lowest BCUT2D eigenvalue weighted by Gasteiger charge is -2.17. The fourth-order valence-corrected chi connectivity index (χ4v) is 5.56. The number of anilines is 2. The molecule has 2 N–H and O–H groups in total. The first-order chi connectivity index (χ1) is 20.6. The maximum absolute atomic E-state index is 13.6. The first-order valence-electron chi connectivity index (χ1n) is 13.5. The van der Waals surface area contributed by atoms with E-state index < -0.39 is 5.25 Å². The van der Waals surface area contributed by atoms with Crippen LogP contribution in [-0.4, -0.2) is 16.8 Å². The summed E-state index contributed by atoms with van der Waals surface area (Å²) in [4.78, 5) is 31.5. The molecule has 5 aromatic carbocycles. The highest BCUT2D eigenvalue weighted by Crippen LogP contribution is 2.37. The third-order valence-corrected chi connectivity index (χ3v) is 7.90. The van der Waals surface area contributed by atoms with E-state index >= 15 is 0 Å². The van der Waals surface area contributed by atoms with E-state index in [1.807, 2.05) is 133 Å². The third-order valence-electron chi connectivity index (χ3n) is 6.63. The van der Waals surface area contributed by atoms with Crippen molar-refractivity contribution in [2.75, 3.05) is 10.6 Å². The Bertz CT molecular complexity index is 1770. The van der Waals surface area contributed by atoms with E-state index in [1.165, 1.54) is 11.8 Å². The van der Waals surface area contributed by atoms with Crippen LogP contribution in [0.4, 0.5) is 11.4 Å². The maximum atomic E-state index is 13.6. The molecule has 0 aliphatic carbocycles. The van der Waals surface area contributed by atoms with Crippen molar-refractivity contribution in [1.82, 2.24) is 4.98 Å². The number of oxazole rings is 1. The fourth-order valence-electron chi connectivity index (χ4n) is 4.54. The molecule has 6 aromatic rings. The minimum absolute atomic E-state index is 0.0785. The minimum Gasteiger partial charge on any atom is -0.436 e. The van der Waals surface area contributed by atoms with E-state index in [-0.39, 0.29) is 11.8 Å². The summed E-state index contributed by atoms with van der Waals surface area (Å²) >= 11 is 1.45. The molecule has 0 bridgehead atoms. The van der Waals surface area contributed by atoms with Crippen LogP contribution in [0.3, 0.4) is 0 Å². The molecule has 0 fully saturated rings. The zero-order valence-corrected chi connectivity index (χ0v) is 23.4. The summed E-state index contributed by atoms with van der Waals surface area (Å²) in [6.07, 6.45) is 0.309. The van der Waals surface area contributed by atoms with Crippen molar-refractivity contribution in [2.45, 2.75) is 16.6 Å². The molecule has 0 saturated heterocycles. The van der Waals surface area contributed by atoms with Gasteiger partial charge >= 0.3 is 0 Å². The lowest BCUT2D eigenvalue weighted by atomic mass is 10.1. The van der Waals surface area contributed by atoms with Crippen molar-refractivity contribution in [3.05, 3.63) is 145 Å². The van der Waals surface area contributed by atoms with Crippen molar-refractivity contribution in [1.29, 1.82) is 0 Å². The van der Waals surface area contributed by atoms with Gasteiger partial charge < -0.3 is 15.1 Å².